The van der Waals surface area contributed by atoms with Crippen LogP contribution in [0.3, 0.4) is 0 Å². The second kappa shape index (κ2) is 7.56. The summed E-state index contributed by atoms with van der Waals surface area (Å²) in [7, 11) is 1.75. The largest absolute Gasteiger partial charge is 0.385 e. The monoisotopic (exact) mass is 173 g/mol. The summed E-state index contributed by atoms with van der Waals surface area (Å²) < 4.78 is 4.98. The topological polar surface area (TPSA) is 21.3 Å². The van der Waals surface area contributed by atoms with Gasteiger partial charge in [0.2, 0.25) is 0 Å². The Hall–Kier alpha value is -0.0800. The average molecular weight is 173 g/mol. The Morgan fingerprint density at radius 3 is 2.42 bits per heavy atom. The van der Waals surface area contributed by atoms with E-state index >= 15 is 0 Å². The number of ether oxygens (including phenoxy) is 1. The summed E-state index contributed by atoms with van der Waals surface area (Å²) in [5.41, 5.74) is 0. The van der Waals surface area contributed by atoms with E-state index < -0.39 is 0 Å². The molecule has 0 aliphatic heterocycles. The van der Waals surface area contributed by atoms with E-state index in [-0.39, 0.29) is 0 Å². The van der Waals surface area contributed by atoms with Crippen LogP contribution in [-0.4, -0.2) is 26.3 Å². The van der Waals surface area contributed by atoms with E-state index in [1.807, 2.05) is 0 Å². The number of methoxy groups -OCH3 is 1. The third kappa shape index (κ3) is 5.56. The van der Waals surface area contributed by atoms with E-state index in [9.17, 15) is 0 Å². The third-order valence-electron chi connectivity index (χ3n) is 2.18. The molecule has 0 spiro atoms. The lowest BCUT2D eigenvalue weighted by molar-refractivity contribution is 0.192. The van der Waals surface area contributed by atoms with Crippen molar-refractivity contribution in [3.8, 4) is 0 Å². The van der Waals surface area contributed by atoms with Gasteiger partial charge in [-0.15, -0.1) is 0 Å². The van der Waals surface area contributed by atoms with Crippen LogP contribution in [0.5, 0.6) is 0 Å². The maximum absolute atomic E-state index is 4.98. The second-order valence-electron chi connectivity index (χ2n) is 3.56. The van der Waals surface area contributed by atoms with Gasteiger partial charge in [0.15, 0.2) is 0 Å². The average Bonchev–Trinajstić information content (AvgIpc) is 2.04. The van der Waals surface area contributed by atoms with Crippen molar-refractivity contribution in [2.45, 2.75) is 39.7 Å². The summed E-state index contributed by atoms with van der Waals surface area (Å²) >= 11 is 0. The molecule has 0 saturated carbocycles. The van der Waals surface area contributed by atoms with Gasteiger partial charge >= 0.3 is 0 Å². The molecular formula is C10H23NO. The van der Waals surface area contributed by atoms with E-state index in [0.717, 1.165) is 25.5 Å². The van der Waals surface area contributed by atoms with Crippen molar-refractivity contribution < 1.29 is 4.74 Å². The molecule has 0 aliphatic rings. The Labute approximate surface area is 76.7 Å². The van der Waals surface area contributed by atoms with Gasteiger partial charge < -0.3 is 10.1 Å². The molecule has 74 valence electrons. The molecule has 0 aromatic rings. The lowest BCUT2D eigenvalue weighted by Gasteiger charge is -2.20. The molecular weight excluding hydrogens is 150 g/mol. The molecule has 0 aromatic carbocycles. The quantitative estimate of drug-likeness (QED) is 0.595. The van der Waals surface area contributed by atoms with Crippen LogP contribution in [0.25, 0.3) is 0 Å². The first-order valence-corrected chi connectivity index (χ1v) is 4.94. The summed E-state index contributed by atoms with van der Waals surface area (Å²) in [6.45, 7) is 8.69. The van der Waals surface area contributed by atoms with E-state index in [1.54, 1.807) is 7.11 Å². The van der Waals surface area contributed by atoms with Crippen LogP contribution in [0.2, 0.25) is 0 Å². The fourth-order valence-electron chi connectivity index (χ4n) is 1.36. The van der Waals surface area contributed by atoms with Crippen molar-refractivity contribution in [2.24, 2.45) is 5.92 Å². The molecule has 0 saturated heterocycles. The van der Waals surface area contributed by atoms with Crippen molar-refractivity contribution in [3.63, 3.8) is 0 Å². The second-order valence-corrected chi connectivity index (χ2v) is 3.56. The normalized spacial score (nSPS) is 13.8. The highest BCUT2D eigenvalue weighted by Gasteiger charge is 2.08. The van der Waals surface area contributed by atoms with Crippen LogP contribution >= 0.6 is 0 Å². The molecule has 0 radical (unpaired) electrons. The number of rotatable bonds is 7. The molecule has 1 unspecified atom stereocenters. The molecule has 2 nitrogen and oxygen atoms in total. The van der Waals surface area contributed by atoms with Gasteiger partial charge in [0.1, 0.15) is 0 Å². The first-order valence-electron chi connectivity index (χ1n) is 4.94. The molecule has 0 aliphatic carbocycles. The molecule has 0 heterocycles. The van der Waals surface area contributed by atoms with Crippen molar-refractivity contribution in [1.29, 1.82) is 0 Å². The number of hydrogen-bond donors (Lipinski definition) is 1. The maximum Gasteiger partial charge on any atom is 0.0474 e. The van der Waals surface area contributed by atoms with Gasteiger partial charge in [-0.3, -0.25) is 0 Å². The number of hydrogen-bond acceptors (Lipinski definition) is 2. The van der Waals surface area contributed by atoms with Gasteiger partial charge in [-0.25, -0.2) is 0 Å². The molecule has 0 bridgehead atoms. The Kier molecular flexibility index (Phi) is 7.51. The lowest BCUT2D eigenvalue weighted by atomic mass is 10.0. The van der Waals surface area contributed by atoms with Crippen molar-refractivity contribution in [1.82, 2.24) is 5.32 Å². The van der Waals surface area contributed by atoms with E-state index in [4.69, 9.17) is 4.74 Å². The highest BCUT2D eigenvalue weighted by molar-refractivity contribution is 4.67. The molecule has 1 atom stereocenters. The fourth-order valence-corrected chi connectivity index (χ4v) is 1.36. The minimum absolute atomic E-state index is 0.668. The Morgan fingerprint density at radius 1 is 1.33 bits per heavy atom. The van der Waals surface area contributed by atoms with E-state index in [1.165, 1.54) is 6.42 Å². The predicted molar refractivity (Wildman–Crippen MR) is 53.4 cm³/mol. The minimum atomic E-state index is 0.668. The van der Waals surface area contributed by atoms with Crippen molar-refractivity contribution in [2.75, 3.05) is 20.3 Å². The Balaban J connectivity index is 3.32. The third-order valence-corrected chi connectivity index (χ3v) is 2.18. The van der Waals surface area contributed by atoms with Gasteiger partial charge in [-0.1, -0.05) is 20.8 Å². The van der Waals surface area contributed by atoms with E-state index in [0.29, 0.717) is 6.04 Å². The molecule has 0 amide bonds. The molecule has 0 rings (SSSR count). The van der Waals surface area contributed by atoms with Gasteiger partial charge in [-0.05, 0) is 25.3 Å². The van der Waals surface area contributed by atoms with Crippen molar-refractivity contribution >= 4 is 0 Å². The molecule has 0 aromatic heterocycles. The summed E-state index contributed by atoms with van der Waals surface area (Å²) in [4.78, 5) is 0. The Morgan fingerprint density at radius 2 is 2.00 bits per heavy atom. The number of nitrogens with one attached hydrogen (secondary N) is 1. The zero-order valence-electron chi connectivity index (χ0n) is 8.89. The zero-order chi connectivity index (χ0) is 9.40. The van der Waals surface area contributed by atoms with Crippen LogP contribution < -0.4 is 5.32 Å². The highest BCUT2D eigenvalue weighted by atomic mass is 16.5. The summed E-state index contributed by atoms with van der Waals surface area (Å²) in [6, 6.07) is 0.668. The maximum atomic E-state index is 4.98. The van der Waals surface area contributed by atoms with Gasteiger partial charge in [0.25, 0.3) is 0 Å². The molecule has 2 heteroatoms. The van der Waals surface area contributed by atoms with Crippen LogP contribution in [0.15, 0.2) is 0 Å². The molecule has 1 N–H and O–H groups in total. The predicted octanol–water partition coefficient (Wildman–Crippen LogP) is 2.05. The molecule has 0 fully saturated rings. The first-order chi connectivity index (χ1) is 5.72. The Bertz CT molecular complexity index is 93.8. The standard InChI is InChI=1S/C10H23NO/c1-5-10(9(2)3)11-7-6-8-12-4/h9-11H,5-8H2,1-4H3. The van der Waals surface area contributed by atoms with E-state index in [2.05, 4.69) is 26.1 Å². The minimum Gasteiger partial charge on any atom is -0.385 e. The zero-order valence-corrected chi connectivity index (χ0v) is 8.89. The SMILES string of the molecule is CCC(NCCCOC)C(C)C. The summed E-state index contributed by atoms with van der Waals surface area (Å²) in [5, 5.41) is 3.52. The van der Waals surface area contributed by atoms with Crippen LogP contribution in [0, 0.1) is 5.92 Å². The highest BCUT2D eigenvalue weighted by Crippen LogP contribution is 2.04. The molecule has 12 heavy (non-hydrogen) atoms. The van der Waals surface area contributed by atoms with Crippen molar-refractivity contribution in [3.05, 3.63) is 0 Å². The lowest BCUT2D eigenvalue weighted by Crippen LogP contribution is -2.34. The smallest absolute Gasteiger partial charge is 0.0474 e. The fraction of sp³-hybridized carbons (Fsp3) is 1.00. The first kappa shape index (κ1) is 11.9. The van der Waals surface area contributed by atoms with Gasteiger partial charge in [0, 0.05) is 19.8 Å². The van der Waals surface area contributed by atoms with Gasteiger partial charge in [-0.2, -0.15) is 0 Å². The van der Waals surface area contributed by atoms with Crippen LogP contribution in [0.1, 0.15) is 33.6 Å². The van der Waals surface area contributed by atoms with Crippen LogP contribution in [-0.2, 0) is 4.74 Å². The summed E-state index contributed by atoms with van der Waals surface area (Å²) in [5.74, 6) is 0.734. The van der Waals surface area contributed by atoms with Gasteiger partial charge in [0.05, 0.1) is 0 Å². The summed E-state index contributed by atoms with van der Waals surface area (Å²) in [6.07, 6.45) is 2.32. The van der Waals surface area contributed by atoms with Crippen LogP contribution in [0.4, 0.5) is 0 Å².